The maximum Gasteiger partial charge on any atom is 0.255 e. The molecule has 0 unspecified atom stereocenters. The predicted octanol–water partition coefficient (Wildman–Crippen LogP) is 2.91. The molecule has 1 fully saturated rings. The van der Waals surface area contributed by atoms with Gasteiger partial charge in [0.05, 0.1) is 18.9 Å². The van der Waals surface area contributed by atoms with Crippen LogP contribution in [0.5, 0.6) is 0 Å². The molecule has 1 saturated heterocycles. The summed E-state index contributed by atoms with van der Waals surface area (Å²) >= 11 is 0. The second-order valence-corrected chi connectivity index (χ2v) is 6.84. The van der Waals surface area contributed by atoms with Crippen LogP contribution in [0.25, 0.3) is 5.69 Å². The summed E-state index contributed by atoms with van der Waals surface area (Å²) in [6.07, 6.45) is 3.51. The Morgan fingerprint density at radius 1 is 1.07 bits per heavy atom. The molecule has 0 bridgehead atoms. The summed E-state index contributed by atoms with van der Waals surface area (Å²) in [6.45, 7) is 4.11. The van der Waals surface area contributed by atoms with Crippen molar-refractivity contribution in [1.29, 1.82) is 0 Å². The number of carbonyl (C=O) groups excluding carboxylic acids is 2. The van der Waals surface area contributed by atoms with Crippen LogP contribution in [0.4, 0.5) is 5.69 Å². The molecule has 2 amide bonds. The van der Waals surface area contributed by atoms with E-state index in [0.717, 1.165) is 11.3 Å². The molecule has 2 aromatic carbocycles. The number of amides is 2. The molecule has 7 heteroatoms. The zero-order valence-corrected chi connectivity index (χ0v) is 16.2. The van der Waals surface area contributed by atoms with Crippen LogP contribution in [-0.4, -0.2) is 52.8 Å². The molecular weight excluding hydrogens is 368 g/mol. The van der Waals surface area contributed by atoms with E-state index in [-0.39, 0.29) is 11.8 Å². The number of nitrogens with zero attached hydrogens (tertiary/aromatic N) is 3. The number of aromatic nitrogens is 2. The van der Waals surface area contributed by atoms with Gasteiger partial charge in [-0.1, -0.05) is 12.1 Å². The van der Waals surface area contributed by atoms with Crippen molar-refractivity contribution >= 4 is 17.5 Å². The number of ether oxygens (including phenoxy) is 1. The molecule has 1 aliphatic rings. The number of rotatable bonds is 4. The van der Waals surface area contributed by atoms with Gasteiger partial charge in [0.25, 0.3) is 11.8 Å². The zero-order valence-electron chi connectivity index (χ0n) is 16.2. The van der Waals surface area contributed by atoms with Crippen molar-refractivity contribution in [1.82, 2.24) is 14.7 Å². The molecule has 0 aliphatic carbocycles. The van der Waals surface area contributed by atoms with E-state index in [9.17, 15) is 9.59 Å². The molecule has 1 N–H and O–H groups in total. The van der Waals surface area contributed by atoms with E-state index in [1.807, 2.05) is 31.3 Å². The average molecular weight is 390 g/mol. The van der Waals surface area contributed by atoms with Crippen LogP contribution in [0.1, 0.15) is 26.3 Å². The topological polar surface area (TPSA) is 76.5 Å². The molecule has 29 heavy (non-hydrogen) atoms. The lowest BCUT2D eigenvalue weighted by Gasteiger charge is -2.27. The number of carbonyl (C=O) groups is 2. The Bertz CT molecular complexity index is 1020. The van der Waals surface area contributed by atoms with E-state index >= 15 is 0 Å². The predicted molar refractivity (Wildman–Crippen MR) is 109 cm³/mol. The van der Waals surface area contributed by atoms with Crippen LogP contribution < -0.4 is 5.32 Å². The summed E-state index contributed by atoms with van der Waals surface area (Å²) in [6, 6.07) is 14.4. The molecule has 148 valence electrons. The smallest absolute Gasteiger partial charge is 0.255 e. The molecule has 0 radical (unpaired) electrons. The van der Waals surface area contributed by atoms with E-state index in [0.29, 0.717) is 43.1 Å². The molecule has 3 aromatic rings. The number of benzene rings is 2. The van der Waals surface area contributed by atoms with Gasteiger partial charge >= 0.3 is 0 Å². The minimum Gasteiger partial charge on any atom is -0.378 e. The van der Waals surface area contributed by atoms with Crippen LogP contribution in [0.15, 0.2) is 60.9 Å². The third-order valence-electron chi connectivity index (χ3n) is 4.99. The van der Waals surface area contributed by atoms with Gasteiger partial charge in [-0.05, 0) is 48.9 Å². The van der Waals surface area contributed by atoms with E-state index < -0.39 is 0 Å². The number of anilines is 1. The monoisotopic (exact) mass is 390 g/mol. The lowest BCUT2D eigenvalue weighted by molar-refractivity contribution is 0.0302. The summed E-state index contributed by atoms with van der Waals surface area (Å²) < 4.78 is 7.02. The Morgan fingerprint density at radius 3 is 2.62 bits per heavy atom. The van der Waals surface area contributed by atoms with Crippen molar-refractivity contribution in [3.05, 3.63) is 77.6 Å². The largest absolute Gasteiger partial charge is 0.378 e. The lowest BCUT2D eigenvalue weighted by atomic mass is 10.0. The molecule has 0 saturated carbocycles. The van der Waals surface area contributed by atoms with Gasteiger partial charge < -0.3 is 15.0 Å². The van der Waals surface area contributed by atoms with Crippen molar-refractivity contribution in [3.8, 4) is 5.69 Å². The van der Waals surface area contributed by atoms with Crippen molar-refractivity contribution < 1.29 is 14.3 Å². The molecule has 1 aromatic heterocycles. The molecule has 4 rings (SSSR count). The first-order valence-electron chi connectivity index (χ1n) is 9.51. The summed E-state index contributed by atoms with van der Waals surface area (Å²) in [5, 5.41) is 7.13. The van der Waals surface area contributed by atoms with Gasteiger partial charge in [0.1, 0.15) is 0 Å². The van der Waals surface area contributed by atoms with Gasteiger partial charge in [0, 0.05) is 42.3 Å². The molecule has 0 spiro atoms. The number of hydrogen-bond donors (Lipinski definition) is 1. The first-order chi connectivity index (χ1) is 14.1. The van der Waals surface area contributed by atoms with Crippen LogP contribution in [0.3, 0.4) is 0 Å². The van der Waals surface area contributed by atoms with E-state index in [2.05, 4.69) is 10.4 Å². The fourth-order valence-electron chi connectivity index (χ4n) is 3.35. The lowest BCUT2D eigenvalue weighted by Crippen LogP contribution is -2.41. The molecule has 7 nitrogen and oxygen atoms in total. The van der Waals surface area contributed by atoms with Crippen molar-refractivity contribution in [2.24, 2.45) is 0 Å². The molecule has 0 atom stereocenters. The number of morpholine rings is 1. The van der Waals surface area contributed by atoms with Gasteiger partial charge in [-0.2, -0.15) is 5.10 Å². The Balaban J connectivity index is 1.54. The fraction of sp³-hybridized carbons (Fsp3) is 0.227. The zero-order chi connectivity index (χ0) is 20.2. The second kappa shape index (κ2) is 8.28. The van der Waals surface area contributed by atoms with Crippen molar-refractivity contribution in [3.63, 3.8) is 0 Å². The van der Waals surface area contributed by atoms with Gasteiger partial charge in [0.15, 0.2) is 0 Å². The summed E-state index contributed by atoms with van der Waals surface area (Å²) in [5.41, 5.74) is 3.28. The summed E-state index contributed by atoms with van der Waals surface area (Å²) in [4.78, 5) is 27.5. The first kappa shape index (κ1) is 18.9. The van der Waals surface area contributed by atoms with E-state index in [1.165, 1.54) is 0 Å². The SMILES string of the molecule is Cc1c(NC(=O)c2cccc(-n3cccn3)c2)cccc1C(=O)N1CCOCC1. The quantitative estimate of drug-likeness (QED) is 0.743. The normalized spacial score (nSPS) is 13.9. The Kier molecular flexibility index (Phi) is 5.39. The van der Waals surface area contributed by atoms with Crippen LogP contribution in [0, 0.1) is 6.92 Å². The fourth-order valence-corrected chi connectivity index (χ4v) is 3.35. The number of nitrogens with one attached hydrogen (secondary N) is 1. The van der Waals surface area contributed by atoms with E-state index in [1.54, 1.807) is 46.1 Å². The molecule has 1 aliphatic heterocycles. The van der Waals surface area contributed by atoms with Gasteiger partial charge in [-0.3, -0.25) is 9.59 Å². The number of hydrogen-bond acceptors (Lipinski definition) is 4. The van der Waals surface area contributed by atoms with Crippen molar-refractivity contribution in [2.45, 2.75) is 6.92 Å². The Morgan fingerprint density at radius 2 is 1.86 bits per heavy atom. The van der Waals surface area contributed by atoms with Crippen LogP contribution in [0.2, 0.25) is 0 Å². The Hall–Kier alpha value is -3.45. The van der Waals surface area contributed by atoms with Crippen LogP contribution >= 0.6 is 0 Å². The summed E-state index contributed by atoms with van der Waals surface area (Å²) in [7, 11) is 0. The highest BCUT2D eigenvalue weighted by atomic mass is 16.5. The first-order valence-corrected chi connectivity index (χ1v) is 9.51. The summed E-state index contributed by atoms with van der Waals surface area (Å²) in [5.74, 6) is -0.277. The third kappa shape index (κ3) is 4.05. The maximum atomic E-state index is 12.9. The minimum atomic E-state index is -0.238. The minimum absolute atomic E-state index is 0.0393. The highest BCUT2D eigenvalue weighted by Crippen LogP contribution is 2.22. The van der Waals surface area contributed by atoms with Gasteiger partial charge in [-0.15, -0.1) is 0 Å². The molecule has 2 heterocycles. The van der Waals surface area contributed by atoms with Crippen molar-refractivity contribution in [2.75, 3.05) is 31.6 Å². The molecular formula is C22H22N4O3. The highest BCUT2D eigenvalue weighted by molar-refractivity contribution is 6.06. The average Bonchev–Trinajstić information content (AvgIpc) is 3.30. The third-order valence-corrected chi connectivity index (χ3v) is 4.99. The van der Waals surface area contributed by atoms with E-state index in [4.69, 9.17) is 4.74 Å². The second-order valence-electron chi connectivity index (χ2n) is 6.84. The van der Waals surface area contributed by atoms with Gasteiger partial charge in [0.2, 0.25) is 0 Å². The maximum absolute atomic E-state index is 12.9. The van der Waals surface area contributed by atoms with Gasteiger partial charge in [-0.25, -0.2) is 4.68 Å². The standard InChI is InChI=1S/C22H22N4O3/c1-16-19(22(28)25-11-13-29-14-12-25)7-3-8-20(16)24-21(27)17-5-2-6-18(15-17)26-10-4-9-23-26/h2-10,15H,11-14H2,1H3,(H,24,27). The van der Waals surface area contributed by atoms with Crippen LogP contribution in [-0.2, 0) is 4.74 Å². The Labute approximate surface area is 168 Å². The highest BCUT2D eigenvalue weighted by Gasteiger charge is 2.21.